The molecule has 0 aliphatic carbocycles. The zero-order valence-corrected chi connectivity index (χ0v) is 14.6. The number of nitriles is 2. The first-order valence-electron chi connectivity index (χ1n) is 7.89. The van der Waals surface area contributed by atoms with E-state index >= 15 is 0 Å². The van der Waals surface area contributed by atoms with E-state index < -0.39 is 0 Å². The lowest BCUT2D eigenvalue weighted by molar-refractivity contribution is 0.270. The molecule has 0 aliphatic rings. The van der Waals surface area contributed by atoms with Crippen molar-refractivity contribution in [3.8, 4) is 23.6 Å². The molecule has 3 N–H and O–H groups in total. The molecule has 8 heteroatoms. The highest BCUT2D eigenvalue weighted by Crippen LogP contribution is 2.30. The van der Waals surface area contributed by atoms with Gasteiger partial charge in [-0.2, -0.15) is 15.6 Å². The highest BCUT2D eigenvalue weighted by molar-refractivity contribution is 5.91. The highest BCUT2D eigenvalue weighted by Gasteiger charge is 2.19. The van der Waals surface area contributed by atoms with Crippen molar-refractivity contribution >= 4 is 17.5 Å². The van der Waals surface area contributed by atoms with Gasteiger partial charge in [0.1, 0.15) is 29.2 Å². The van der Waals surface area contributed by atoms with Gasteiger partial charge in [-0.05, 0) is 30.7 Å². The smallest absolute Gasteiger partial charge is 0.161 e. The Morgan fingerprint density at radius 3 is 2.73 bits per heavy atom. The molecule has 0 atom stereocenters. The normalized spacial score (nSPS) is 10.9. The molecule has 0 saturated heterocycles. The molecule has 2 aromatic rings. The summed E-state index contributed by atoms with van der Waals surface area (Å²) in [7, 11) is 1.53. The number of aliphatic hydroxyl groups is 1. The number of hydrogen-bond donors (Lipinski definition) is 2. The Hall–Kier alpha value is -3.49. The Bertz CT molecular complexity index is 903. The van der Waals surface area contributed by atoms with E-state index in [1.807, 2.05) is 19.1 Å². The quantitative estimate of drug-likeness (QED) is 0.726. The van der Waals surface area contributed by atoms with E-state index in [1.165, 1.54) is 11.8 Å². The number of nitrogen functional groups attached to an aromatic ring is 1. The van der Waals surface area contributed by atoms with Gasteiger partial charge < -0.3 is 20.3 Å². The molecular weight excluding hydrogens is 334 g/mol. The summed E-state index contributed by atoms with van der Waals surface area (Å²) in [6, 6.07) is 9.25. The van der Waals surface area contributed by atoms with Crippen LogP contribution in [-0.4, -0.2) is 35.2 Å². The number of allylic oxidation sites excluding steroid dienone is 1. The molecule has 26 heavy (non-hydrogen) atoms. The van der Waals surface area contributed by atoms with Gasteiger partial charge in [0.25, 0.3) is 0 Å². The van der Waals surface area contributed by atoms with Crippen LogP contribution in [0.2, 0.25) is 0 Å². The van der Waals surface area contributed by atoms with Crippen LogP contribution in [-0.2, 0) is 6.54 Å². The van der Waals surface area contributed by atoms with Gasteiger partial charge in [-0.15, -0.1) is 0 Å². The number of hydrogen-bond acceptors (Lipinski definition) is 7. The summed E-state index contributed by atoms with van der Waals surface area (Å²) >= 11 is 0. The van der Waals surface area contributed by atoms with E-state index in [9.17, 15) is 10.5 Å². The van der Waals surface area contributed by atoms with Crippen molar-refractivity contribution in [2.75, 3.05) is 26.1 Å². The van der Waals surface area contributed by atoms with Gasteiger partial charge >= 0.3 is 0 Å². The van der Waals surface area contributed by atoms with Crippen molar-refractivity contribution in [3.63, 3.8) is 0 Å². The zero-order chi connectivity index (χ0) is 19.1. The van der Waals surface area contributed by atoms with E-state index in [2.05, 4.69) is 5.10 Å². The molecule has 0 saturated carbocycles. The molecule has 1 aromatic heterocycles. The van der Waals surface area contributed by atoms with Crippen LogP contribution in [0.1, 0.15) is 23.7 Å². The minimum atomic E-state index is -0.183. The molecule has 0 amide bonds. The van der Waals surface area contributed by atoms with Gasteiger partial charge in [0.05, 0.1) is 32.4 Å². The van der Waals surface area contributed by atoms with E-state index in [1.54, 1.807) is 24.3 Å². The summed E-state index contributed by atoms with van der Waals surface area (Å²) in [4.78, 5) is 0. The molecule has 0 bridgehead atoms. The van der Waals surface area contributed by atoms with Crippen molar-refractivity contribution in [1.29, 1.82) is 10.5 Å². The van der Waals surface area contributed by atoms with Crippen molar-refractivity contribution in [2.24, 2.45) is 0 Å². The van der Waals surface area contributed by atoms with E-state index in [0.29, 0.717) is 23.7 Å². The average molecular weight is 353 g/mol. The number of rotatable bonds is 7. The van der Waals surface area contributed by atoms with Gasteiger partial charge in [0.2, 0.25) is 0 Å². The maximum Gasteiger partial charge on any atom is 0.161 e. The third-order valence-electron chi connectivity index (χ3n) is 3.59. The van der Waals surface area contributed by atoms with Crippen LogP contribution >= 0.6 is 0 Å². The van der Waals surface area contributed by atoms with Crippen LogP contribution in [0.25, 0.3) is 11.6 Å². The standard InChI is InChI=1S/C18H19N5O3/c1-3-26-15-5-4-12(9-16(15)25-2)8-13(10-19)17-14(11-20)18(21)23(22-17)6-7-24/h4-5,8-9,24H,3,6-7,21H2,1-2H3/b13-8-. The maximum absolute atomic E-state index is 9.53. The molecule has 8 nitrogen and oxygen atoms in total. The fraction of sp³-hybridized carbons (Fsp3) is 0.278. The summed E-state index contributed by atoms with van der Waals surface area (Å²) in [6.07, 6.45) is 1.59. The highest BCUT2D eigenvalue weighted by atomic mass is 16.5. The van der Waals surface area contributed by atoms with Gasteiger partial charge in [0.15, 0.2) is 11.5 Å². The number of nitrogens with two attached hydrogens (primary N) is 1. The van der Waals surface area contributed by atoms with Crippen LogP contribution < -0.4 is 15.2 Å². The van der Waals surface area contributed by atoms with Crippen LogP contribution in [0.5, 0.6) is 11.5 Å². The fourth-order valence-corrected chi connectivity index (χ4v) is 2.41. The topological polar surface area (TPSA) is 130 Å². The summed E-state index contributed by atoms with van der Waals surface area (Å²) < 4.78 is 12.1. The third-order valence-corrected chi connectivity index (χ3v) is 3.59. The first-order valence-corrected chi connectivity index (χ1v) is 7.89. The van der Waals surface area contributed by atoms with Crippen LogP contribution in [0.15, 0.2) is 18.2 Å². The molecule has 0 unspecified atom stereocenters. The Morgan fingerprint density at radius 2 is 2.15 bits per heavy atom. The summed E-state index contributed by atoms with van der Waals surface area (Å²) in [5.41, 5.74) is 7.01. The molecular formula is C18H19N5O3. The summed E-state index contributed by atoms with van der Waals surface area (Å²) in [6.45, 7) is 2.33. The lowest BCUT2D eigenvalue weighted by atomic mass is 10.1. The first-order chi connectivity index (χ1) is 12.6. The Morgan fingerprint density at radius 1 is 1.38 bits per heavy atom. The van der Waals surface area contributed by atoms with Crippen LogP contribution in [0.3, 0.4) is 0 Å². The Kier molecular flexibility index (Phi) is 6.20. The van der Waals surface area contributed by atoms with E-state index in [-0.39, 0.29) is 35.8 Å². The third kappa shape index (κ3) is 3.77. The number of anilines is 1. The molecule has 2 rings (SSSR count). The van der Waals surface area contributed by atoms with Crippen LogP contribution in [0.4, 0.5) is 5.82 Å². The second-order valence-corrected chi connectivity index (χ2v) is 5.18. The molecule has 0 radical (unpaired) electrons. The molecule has 1 heterocycles. The number of methoxy groups -OCH3 is 1. The molecule has 134 valence electrons. The van der Waals surface area contributed by atoms with Gasteiger partial charge in [-0.25, -0.2) is 4.68 Å². The van der Waals surface area contributed by atoms with Crippen molar-refractivity contribution in [3.05, 3.63) is 35.0 Å². The number of benzene rings is 1. The van der Waals surface area contributed by atoms with Gasteiger partial charge in [-0.3, -0.25) is 0 Å². The number of nitrogens with zero attached hydrogens (tertiary/aromatic N) is 4. The Labute approximate surface area is 151 Å². The van der Waals surface area contributed by atoms with Crippen molar-refractivity contribution in [1.82, 2.24) is 9.78 Å². The lowest BCUT2D eigenvalue weighted by Gasteiger charge is -2.09. The fourth-order valence-electron chi connectivity index (χ4n) is 2.41. The zero-order valence-electron chi connectivity index (χ0n) is 14.6. The minimum absolute atomic E-state index is 0.101. The number of aliphatic hydroxyl groups excluding tert-OH is 1. The molecule has 0 spiro atoms. The number of ether oxygens (including phenoxy) is 2. The monoisotopic (exact) mass is 353 g/mol. The summed E-state index contributed by atoms with van der Waals surface area (Å²) in [5.74, 6) is 1.24. The van der Waals surface area contributed by atoms with E-state index in [0.717, 1.165) is 0 Å². The SMILES string of the molecule is CCOc1ccc(/C=C(/C#N)c2nn(CCO)c(N)c2C#N)cc1OC. The van der Waals surface area contributed by atoms with Crippen LogP contribution in [0, 0.1) is 22.7 Å². The second-order valence-electron chi connectivity index (χ2n) is 5.18. The Balaban J connectivity index is 2.51. The second kappa shape index (κ2) is 8.56. The maximum atomic E-state index is 9.53. The molecule has 1 aromatic carbocycles. The predicted molar refractivity (Wildman–Crippen MR) is 96.1 cm³/mol. The van der Waals surface area contributed by atoms with Crippen molar-refractivity contribution in [2.45, 2.75) is 13.5 Å². The van der Waals surface area contributed by atoms with Crippen molar-refractivity contribution < 1.29 is 14.6 Å². The number of aromatic nitrogens is 2. The predicted octanol–water partition coefficient (Wildman–Crippen LogP) is 1.80. The average Bonchev–Trinajstić information content (AvgIpc) is 2.96. The largest absolute Gasteiger partial charge is 0.493 e. The molecule has 0 aliphatic heterocycles. The lowest BCUT2D eigenvalue weighted by Crippen LogP contribution is -2.07. The summed E-state index contributed by atoms with van der Waals surface area (Å²) in [5, 5.41) is 32.1. The first kappa shape index (κ1) is 18.8. The van der Waals surface area contributed by atoms with Gasteiger partial charge in [-0.1, -0.05) is 6.07 Å². The van der Waals surface area contributed by atoms with Gasteiger partial charge in [0, 0.05) is 0 Å². The van der Waals surface area contributed by atoms with E-state index in [4.69, 9.17) is 20.3 Å². The molecule has 0 fully saturated rings. The minimum Gasteiger partial charge on any atom is -0.493 e.